The molecule has 1 aliphatic rings. The first-order valence-corrected chi connectivity index (χ1v) is 6.46. The molecule has 0 aromatic carbocycles. The first kappa shape index (κ1) is 17.4. The minimum atomic E-state index is 0. The van der Waals surface area contributed by atoms with Crippen LogP contribution >= 0.6 is 12.4 Å². The summed E-state index contributed by atoms with van der Waals surface area (Å²) in [6.45, 7) is 5.41. The van der Waals surface area contributed by atoms with Crippen LogP contribution in [0.5, 0.6) is 0 Å². The Hall–Kier alpha value is -0.580. The van der Waals surface area contributed by atoms with Crippen LogP contribution in [0, 0.1) is 5.92 Å². The number of nitrogens with one attached hydrogen (secondary N) is 1. The van der Waals surface area contributed by atoms with E-state index in [-0.39, 0.29) is 18.3 Å². The fraction of sp³-hybridized carbons (Fsp3) is 0.769. The van der Waals surface area contributed by atoms with E-state index in [4.69, 9.17) is 10.5 Å². The molecule has 1 aliphatic carbocycles. The molecule has 1 rings (SSSR count). The lowest BCUT2D eigenvalue weighted by Gasteiger charge is -2.19. The van der Waals surface area contributed by atoms with Gasteiger partial charge in [0.1, 0.15) is 0 Å². The van der Waals surface area contributed by atoms with Crippen LogP contribution in [-0.2, 0) is 9.53 Å². The SMILES string of the molecule is C=CCOCCCC(=O)NC1CCCC1CN.Cl. The summed E-state index contributed by atoms with van der Waals surface area (Å²) in [6.07, 6.45) is 6.40. The lowest BCUT2D eigenvalue weighted by atomic mass is 10.0. The number of nitrogens with two attached hydrogens (primary N) is 1. The Kier molecular flexibility index (Phi) is 10.0. The highest BCUT2D eigenvalue weighted by molar-refractivity contribution is 5.85. The molecule has 1 fully saturated rings. The maximum absolute atomic E-state index is 11.7. The highest BCUT2D eigenvalue weighted by atomic mass is 35.5. The lowest BCUT2D eigenvalue weighted by molar-refractivity contribution is -0.122. The minimum absolute atomic E-state index is 0. The van der Waals surface area contributed by atoms with Gasteiger partial charge < -0.3 is 15.8 Å². The van der Waals surface area contributed by atoms with E-state index in [1.165, 1.54) is 6.42 Å². The molecule has 0 saturated heterocycles. The highest BCUT2D eigenvalue weighted by Crippen LogP contribution is 2.24. The van der Waals surface area contributed by atoms with Crippen molar-refractivity contribution in [1.29, 1.82) is 0 Å². The highest BCUT2D eigenvalue weighted by Gasteiger charge is 2.26. The van der Waals surface area contributed by atoms with Crippen LogP contribution in [0.2, 0.25) is 0 Å². The zero-order valence-electron chi connectivity index (χ0n) is 10.9. The molecule has 3 N–H and O–H groups in total. The predicted molar refractivity (Wildman–Crippen MR) is 75.8 cm³/mol. The molecule has 0 spiro atoms. The quantitative estimate of drug-likeness (QED) is 0.523. The number of ether oxygens (including phenoxy) is 1. The Labute approximate surface area is 116 Å². The number of halogens is 1. The van der Waals surface area contributed by atoms with E-state index in [0.29, 0.717) is 38.1 Å². The molecule has 5 heteroatoms. The van der Waals surface area contributed by atoms with Gasteiger partial charge in [0.2, 0.25) is 5.91 Å². The predicted octanol–water partition coefficient (Wildman–Crippen LogP) is 1.63. The summed E-state index contributed by atoms with van der Waals surface area (Å²) in [4.78, 5) is 11.7. The molecule has 1 saturated carbocycles. The Morgan fingerprint density at radius 3 is 2.94 bits per heavy atom. The maximum atomic E-state index is 11.7. The molecule has 0 aliphatic heterocycles. The fourth-order valence-corrected chi connectivity index (χ4v) is 2.29. The van der Waals surface area contributed by atoms with Crippen molar-refractivity contribution in [3.05, 3.63) is 12.7 Å². The summed E-state index contributed by atoms with van der Waals surface area (Å²) >= 11 is 0. The van der Waals surface area contributed by atoms with Gasteiger partial charge in [0.15, 0.2) is 0 Å². The standard InChI is InChI=1S/C13H24N2O2.ClH/c1-2-8-17-9-4-7-13(16)15-12-6-3-5-11(12)10-14;/h2,11-12H,1,3-10,14H2,(H,15,16);1H. The molecule has 0 radical (unpaired) electrons. The molecule has 2 atom stereocenters. The van der Waals surface area contributed by atoms with Crippen LogP contribution < -0.4 is 11.1 Å². The Morgan fingerprint density at radius 1 is 1.50 bits per heavy atom. The van der Waals surface area contributed by atoms with Crippen LogP contribution in [-0.4, -0.2) is 31.7 Å². The van der Waals surface area contributed by atoms with Crippen LogP contribution in [0.4, 0.5) is 0 Å². The van der Waals surface area contributed by atoms with E-state index in [9.17, 15) is 4.79 Å². The Bertz CT molecular complexity index is 249. The molecule has 2 unspecified atom stereocenters. The van der Waals surface area contributed by atoms with Gasteiger partial charge in [-0.1, -0.05) is 12.5 Å². The van der Waals surface area contributed by atoms with Crippen molar-refractivity contribution in [2.75, 3.05) is 19.8 Å². The summed E-state index contributed by atoms with van der Waals surface area (Å²) in [5, 5.41) is 3.08. The number of hydrogen-bond acceptors (Lipinski definition) is 3. The molecular weight excluding hydrogens is 252 g/mol. The zero-order chi connectivity index (χ0) is 12.5. The molecule has 0 aromatic heterocycles. The average molecular weight is 277 g/mol. The second-order valence-corrected chi connectivity index (χ2v) is 4.57. The number of rotatable bonds is 8. The molecule has 0 heterocycles. The van der Waals surface area contributed by atoms with Gasteiger partial charge in [-0.3, -0.25) is 4.79 Å². The zero-order valence-corrected chi connectivity index (χ0v) is 11.7. The van der Waals surface area contributed by atoms with Gasteiger partial charge in [0.05, 0.1) is 6.61 Å². The Morgan fingerprint density at radius 2 is 2.28 bits per heavy atom. The smallest absolute Gasteiger partial charge is 0.220 e. The van der Waals surface area contributed by atoms with E-state index < -0.39 is 0 Å². The first-order valence-electron chi connectivity index (χ1n) is 6.46. The van der Waals surface area contributed by atoms with Gasteiger partial charge in [0.25, 0.3) is 0 Å². The van der Waals surface area contributed by atoms with Crippen LogP contribution in [0.3, 0.4) is 0 Å². The molecule has 0 bridgehead atoms. The minimum Gasteiger partial charge on any atom is -0.377 e. The topological polar surface area (TPSA) is 64.3 Å². The fourth-order valence-electron chi connectivity index (χ4n) is 2.29. The number of amides is 1. The summed E-state index contributed by atoms with van der Waals surface area (Å²) in [5.74, 6) is 0.591. The van der Waals surface area contributed by atoms with Crippen molar-refractivity contribution < 1.29 is 9.53 Å². The monoisotopic (exact) mass is 276 g/mol. The average Bonchev–Trinajstić information content (AvgIpc) is 2.76. The van der Waals surface area contributed by atoms with Crippen molar-refractivity contribution in [3.63, 3.8) is 0 Å². The van der Waals surface area contributed by atoms with E-state index in [0.717, 1.165) is 19.3 Å². The molecule has 18 heavy (non-hydrogen) atoms. The van der Waals surface area contributed by atoms with Gasteiger partial charge in [0, 0.05) is 19.1 Å². The Balaban J connectivity index is 0.00000289. The normalized spacial score (nSPS) is 22.3. The van der Waals surface area contributed by atoms with E-state index in [1.54, 1.807) is 6.08 Å². The van der Waals surface area contributed by atoms with Gasteiger partial charge >= 0.3 is 0 Å². The number of carbonyl (C=O) groups excluding carboxylic acids is 1. The second kappa shape index (κ2) is 10.4. The van der Waals surface area contributed by atoms with Crippen molar-refractivity contribution in [2.24, 2.45) is 11.7 Å². The third kappa shape index (κ3) is 6.38. The van der Waals surface area contributed by atoms with Crippen LogP contribution in [0.1, 0.15) is 32.1 Å². The molecule has 4 nitrogen and oxygen atoms in total. The lowest BCUT2D eigenvalue weighted by Crippen LogP contribution is -2.39. The summed E-state index contributed by atoms with van der Waals surface area (Å²) < 4.78 is 5.23. The number of carbonyl (C=O) groups is 1. The van der Waals surface area contributed by atoms with E-state index >= 15 is 0 Å². The first-order chi connectivity index (χ1) is 8.27. The van der Waals surface area contributed by atoms with Crippen molar-refractivity contribution >= 4 is 18.3 Å². The second-order valence-electron chi connectivity index (χ2n) is 4.57. The summed E-state index contributed by atoms with van der Waals surface area (Å²) in [6, 6.07) is 0.293. The van der Waals surface area contributed by atoms with Gasteiger partial charge in [-0.25, -0.2) is 0 Å². The van der Waals surface area contributed by atoms with Crippen LogP contribution in [0.15, 0.2) is 12.7 Å². The third-order valence-corrected chi connectivity index (χ3v) is 3.24. The van der Waals surface area contributed by atoms with E-state index in [2.05, 4.69) is 11.9 Å². The summed E-state index contributed by atoms with van der Waals surface area (Å²) in [5.41, 5.74) is 5.67. The van der Waals surface area contributed by atoms with Gasteiger partial charge in [-0.05, 0) is 31.7 Å². The van der Waals surface area contributed by atoms with Crippen molar-refractivity contribution in [1.82, 2.24) is 5.32 Å². The van der Waals surface area contributed by atoms with Crippen molar-refractivity contribution in [2.45, 2.75) is 38.1 Å². The number of hydrogen-bond donors (Lipinski definition) is 2. The van der Waals surface area contributed by atoms with Gasteiger partial charge in [-0.2, -0.15) is 0 Å². The van der Waals surface area contributed by atoms with Crippen molar-refractivity contribution in [3.8, 4) is 0 Å². The molecule has 0 aromatic rings. The van der Waals surface area contributed by atoms with E-state index in [1.807, 2.05) is 0 Å². The van der Waals surface area contributed by atoms with Crippen LogP contribution in [0.25, 0.3) is 0 Å². The van der Waals surface area contributed by atoms with Gasteiger partial charge in [-0.15, -0.1) is 19.0 Å². The largest absolute Gasteiger partial charge is 0.377 e. The molecule has 106 valence electrons. The summed E-state index contributed by atoms with van der Waals surface area (Å²) in [7, 11) is 0. The maximum Gasteiger partial charge on any atom is 0.220 e. The molecule has 1 amide bonds. The molecular formula is C13H25ClN2O2. The third-order valence-electron chi connectivity index (χ3n) is 3.24.